The molecular weight excluding hydrogens is 328 g/mol. The molecule has 1 saturated heterocycles. The molecule has 6 heteroatoms. The zero-order chi connectivity index (χ0) is 18.2. The lowest BCUT2D eigenvalue weighted by Crippen LogP contribution is -2.44. The number of hydrogen-bond donors (Lipinski definition) is 2. The van der Waals surface area contributed by atoms with Gasteiger partial charge in [0.2, 0.25) is 11.8 Å². The molecule has 0 bridgehead atoms. The predicted octanol–water partition coefficient (Wildman–Crippen LogP) is 2.43. The number of carbonyl (C=O) groups is 2. The molecule has 2 heterocycles. The predicted molar refractivity (Wildman–Crippen MR) is 102 cm³/mol. The van der Waals surface area contributed by atoms with Crippen molar-refractivity contribution in [2.75, 3.05) is 31.5 Å². The molecule has 2 amide bonds. The van der Waals surface area contributed by atoms with Crippen molar-refractivity contribution in [2.24, 2.45) is 11.8 Å². The average Bonchev–Trinajstić information content (AvgIpc) is 3.23. The number of piperidine rings is 1. The van der Waals surface area contributed by atoms with E-state index in [0.717, 1.165) is 57.4 Å². The van der Waals surface area contributed by atoms with E-state index in [0.29, 0.717) is 12.5 Å². The summed E-state index contributed by atoms with van der Waals surface area (Å²) in [6, 6.07) is 3.88. The Hall–Kier alpha value is -2.11. The van der Waals surface area contributed by atoms with E-state index in [-0.39, 0.29) is 17.7 Å². The van der Waals surface area contributed by atoms with Crippen LogP contribution in [0.4, 0.5) is 5.69 Å². The zero-order valence-electron chi connectivity index (χ0n) is 15.5. The van der Waals surface area contributed by atoms with E-state index in [4.69, 9.17) is 0 Å². The second-order valence-corrected chi connectivity index (χ2v) is 7.39. The molecule has 6 nitrogen and oxygen atoms in total. The highest BCUT2D eigenvalue weighted by molar-refractivity contribution is 5.81. The number of likely N-dealkylation sites (tertiary alicyclic amines) is 1. The standard InChI is InChI=1S/C20H30N4O2/c25-19(23-12-4-11-22-18-7-3-10-21-15-18)16-8-13-24(14-9-16)20(26)17-5-1-2-6-17/h3,7,10,15-17,22H,1-2,4-6,8-9,11-14H2,(H,23,25). The van der Waals surface area contributed by atoms with Gasteiger partial charge in [-0.2, -0.15) is 0 Å². The highest BCUT2D eigenvalue weighted by Crippen LogP contribution is 2.28. The number of amides is 2. The van der Waals surface area contributed by atoms with E-state index < -0.39 is 0 Å². The molecule has 0 unspecified atom stereocenters. The summed E-state index contributed by atoms with van der Waals surface area (Å²) in [5.41, 5.74) is 0.998. The molecule has 0 radical (unpaired) electrons. The van der Waals surface area contributed by atoms with Crippen LogP contribution in [0.2, 0.25) is 0 Å². The number of aromatic nitrogens is 1. The van der Waals surface area contributed by atoms with Gasteiger partial charge in [0.1, 0.15) is 0 Å². The summed E-state index contributed by atoms with van der Waals surface area (Å²) >= 11 is 0. The molecular formula is C20H30N4O2. The van der Waals surface area contributed by atoms with Gasteiger partial charge in [-0.1, -0.05) is 12.8 Å². The van der Waals surface area contributed by atoms with Crippen LogP contribution in [0, 0.1) is 11.8 Å². The topological polar surface area (TPSA) is 74.3 Å². The van der Waals surface area contributed by atoms with Crippen molar-refractivity contribution in [3.05, 3.63) is 24.5 Å². The van der Waals surface area contributed by atoms with Crippen molar-refractivity contribution >= 4 is 17.5 Å². The molecule has 1 aliphatic heterocycles. The van der Waals surface area contributed by atoms with Crippen LogP contribution in [-0.2, 0) is 9.59 Å². The average molecular weight is 358 g/mol. The first-order valence-electron chi connectivity index (χ1n) is 9.94. The maximum absolute atomic E-state index is 12.5. The molecule has 2 fully saturated rings. The van der Waals surface area contributed by atoms with Crippen LogP contribution in [0.15, 0.2) is 24.5 Å². The Morgan fingerprint density at radius 3 is 2.54 bits per heavy atom. The molecule has 2 aliphatic rings. The number of nitrogens with one attached hydrogen (secondary N) is 2. The summed E-state index contributed by atoms with van der Waals surface area (Å²) in [5, 5.41) is 6.32. The minimum absolute atomic E-state index is 0.0499. The zero-order valence-corrected chi connectivity index (χ0v) is 15.5. The second-order valence-electron chi connectivity index (χ2n) is 7.39. The Morgan fingerprint density at radius 1 is 1.08 bits per heavy atom. The van der Waals surface area contributed by atoms with E-state index in [1.807, 2.05) is 17.0 Å². The van der Waals surface area contributed by atoms with Crippen molar-refractivity contribution in [1.82, 2.24) is 15.2 Å². The Labute approximate surface area is 155 Å². The molecule has 0 spiro atoms. The lowest BCUT2D eigenvalue weighted by molar-refractivity contribution is -0.139. The van der Waals surface area contributed by atoms with Gasteiger partial charge < -0.3 is 15.5 Å². The smallest absolute Gasteiger partial charge is 0.225 e. The number of nitrogens with zero attached hydrogens (tertiary/aromatic N) is 2. The number of anilines is 1. The summed E-state index contributed by atoms with van der Waals surface area (Å²) in [4.78, 5) is 30.8. The normalized spacial score (nSPS) is 18.7. The van der Waals surface area contributed by atoms with Gasteiger partial charge in [0.25, 0.3) is 0 Å². The summed E-state index contributed by atoms with van der Waals surface area (Å²) in [6.45, 7) is 2.94. The molecule has 1 saturated carbocycles. The quantitative estimate of drug-likeness (QED) is 0.734. The van der Waals surface area contributed by atoms with Crippen LogP contribution in [0.3, 0.4) is 0 Å². The van der Waals surface area contributed by atoms with E-state index in [1.165, 1.54) is 12.8 Å². The van der Waals surface area contributed by atoms with Crippen LogP contribution in [0.5, 0.6) is 0 Å². The van der Waals surface area contributed by atoms with Gasteiger partial charge in [-0.15, -0.1) is 0 Å². The number of pyridine rings is 1. The van der Waals surface area contributed by atoms with Gasteiger partial charge >= 0.3 is 0 Å². The summed E-state index contributed by atoms with van der Waals surface area (Å²) in [6.07, 6.45) is 10.5. The highest BCUT2D eigenvalue weighted by Gasteiger charge is 2.31. The molecule has 1 aromatic heterocycles. The van der Waals surface area contributed by atoms with Crippen LogP contribution in [0.25, 0.3) is 0 Å². The lowest BCUT2D eigenvalue weighted by atomic mass is 9.94. The Bertz CT molecular complexity index is 579. The number of carbonyl (C=O) groups excluding carboxylic acids is 2. The molecule has 1 aromatic rings. The fourth-order valence-corrected chi connectivity index (χ4v) is 3.94. The molecule has 26 heavy (non-hydrogen) atoms. The van der Waals surface area contributed by atoms with Crippen LogP contribution in [0.1, 0.15) is 44.9 Å². The fourth-order valence-electron chi connectivity index (χ4n) is 3.94. The van der Waals surface area contributed by atoms with Crippen molar-refractivity contribution in [3.63, 3.8) is 0 Å². The third-order valence-corrected chi connectivity index (χ3v) is 5.53. The van der Waals surface area contributed by atoms with E-state index in [1.54, 1.807) is 12.4 Å². The van der Waals surface area contributed by atoms with Crippen LogP contribution in [-0.4, -0.2) is 47.9 Å². The van der Waals surface area contributed by atoms with Gasteiger partial charge in [0.15, 0.2) is 0 Å². The first-order chi connectivity index (χ1) is 12.7. The van der Waals surface area contributed by atoms with E-state index in [9.17, 15) is 9.59 Å². The van der Waals surface area contributed by atoms with Gasteiger partial charge in [-0.25, -0.2) is 0 Å². The van der Waals surface area contributed by atoms with Gasteiger partial charge in [0.05, 0.1) is 5.69 Å². The number of rotatable bonds is 7. The van der Waals surface area contributed by atoms with Crippen molar-refractivity contribution in [2.45, 2.75) is 44.9 Å². The van der Waals surface area contributed by atoms with Crippen molar-refractivity contribution in [3.8, 4) is 0 Å². The lowest BCUT2D eigenvalue weighted by Gasteiger charge is -2.33. The van der Waals surface area contributed by atoms with Gasteiger partial charge in [-0.05, 0) is 44.2 Å². The van der Waals surface area contributed by atoms with Gasteiger partial charge in [-0.3, -0.25) is 14.6 Å². The maximum atomic E-state index is 12.5. The summed E-state index contributed by atoms with van der Waals surface area (Å²) in [7, 11) is 0. The Kier molecular flexibility index (Phi) is 6.86. The van der Waals surface area contributed by atoms with Crippen molar-refractivity contribution in [1.29, 1.82) is 0 Å². The molecule has 0 atom stereocenters. The first-order valence-corrected chi connectivity index (χ1v) is 9.94. The van der Waals surface area contributed by atoms with E-state index >= 15 is 0 Å². The fraction of sp³-hybridized carbons (Fsp3) is 0.650. The third kappa shape index (κ3) is 5.19. The third-order valence-electron chi connectivity index (χ3n) is 5.53. The summed E-state index contributed by atoms with van der Waals surface area (Å²) < 4.78 is 0. The Morgan fingerprint density at radius 2 is 1.85 bits per heavy atom. The molecule has 142 valence electrons. The largest absolute Gasteiger partial charge is 0.384 e. The molecule has 0 aromatic carbocycles. The minimum atomic E-state index is 0.0499. The molecule has 1 aliphatic carbocycles. The van der Waals surface area contributed by atoms with Crippen LogP contribution >= 0.6 is 0 Å². The van der Waals surface area contributed by atoms with Gasteiger partial charge in [0, 0.05) is 50.4 Å². The first kappa shape index (κ1) is 18.7. The summed E-state index contributed by atoms with van der Waals surface area (Å²) in [5.74, 6) is 0.753. The SMILES string of the molecule is O=C(NCCCNc1cccnc1)C1CCN(C(=O)C2CCCC2)CC1. The van der Waals surface area contributed by atoms with Crippen molar-refractivity contribution < 1.29 is 9.59 Å². The Balaban J connectivity index is 1.29. The monoisotopic (exact) mass is 358 g/mol. The van der Waals surface area contributed by atoms with Crippen LogP contribution < -0.4 is 10.6 Å². The maximum Gasteiger partial charge on any atom is 0.225 e. The minimum Gasteiger partial charge on any atom is -0.384 e. The molecule has 2 N–H and O–H groups in total. The second kappa shape index (κ2) is 9.55. The highest BCUT2D eigenvalue weighted by atomic mass is 16.2. The van der Waals surface area contributed by atoms with E-state index in [2.05, 4.69) is 15.6 Å². The molecule has 3 rings (SSSR count). The number of hydrogen-bond acceptors (Lipinski definition) is 4.